The Morgan fingerprint density at radius 2 is 1.41 bits per heavy atom. The summed E-state index contributed by atoms with van der Waals surface area (Å²) in [6.45, 7) is 7.31. The summed E-state index contributed by atoms with van der Waals surface area (Å²) in [5, 5.41) is 11.2. The van der Waals surface area contributed by atoms with Crippen LogP contribution >= 0.6 is 0 Å². The molecule has 0 aromatic carbocycles. The lowest BCUT2D eigenvalue weighted by molar-refractivity contribution is -0.173. The van der Waals surface area contributed by atoms with Crippen LogP contribution in [0.3, 0.4) is 0 Å². The second-order valence-corrected chi connectivity index (χ2v) is 14.0. The van der Waals surface area contributed by atoms with Crippen LogP contribution in [0, 0.1) is 23.7 Å². The molecule has 4 aliphatic carbocycles. The minimum atomic E-state index is -1.00. The Morgan fingerprint density at radius 3 is 1.82 bits per heavy atom. The first-order valence-corrected chi connectivity index (χ1v) is 11.3. The second kappa shape index (κ2) is 3.83. The van der Waals surface area contributed by atoms with Crippen LogP contribution in [0.5, 0.6) is 0 Å². The summed E-state index contributed by atoms with van der Waals surface area (Å²) in [6.07, 6.45) is 7.96. The minimum absolute atomic E-state index is 0.256. The van der Waals surface area contributed by atoms with E-state index >= 15 is 0 Å². The van der Waals surface area contributed by atoms with E-state index < -0.39 is 8.07 Å². The first kappa shape index (κ1) is 12.2. The predicted octanol–water partition coefficient (Wildman–Crippen LogP) is 3.90. The Hall–Kier alpha value is 0.177. The summed E-state index contributed by atoms with van der Waals surface area (Å²) >= 11 is 0. The Balaban J connectivity index is 1.73. The molecule has 4 aliphatic rings. The highest BCUT2D eigenvalue weighted by molar-refractivity contribution is 6.76. The molecule has 98 valence electrons. The molecule has 4 bridgehead atoms. The highest BCUT2D eigenvalue weighted by Gasteiger charge is 2.56. The van der Waals surface area contributed by atoms with Crippen molar-refractivity contribution >= 4 is 8.07 Å². The molecular weight excluding hydrogens is 224 g/mol. The summed E-state index contributed by atoms with van der Waals surface area (Å²) in [4.78, 5) is 0. The van der Waals surface area contributed by atoms with E-state index in [0.29, 0.717) is 11.8 Å². The normalized spacial score (nSPS) is 48.7. The molecule has 0 aromatic heterocycles. The fourth-order valence-electron chi connectivity index (χ4n) is 4.98. The van der Waals surface area contributed by atoms with Crippen LogP contribution in [0.15, 0.2) is 0 Å². The van der Waals surface area contributed by atoms with Crippen LogP contribution in [0.1, 0.15) is 38.5 Å². The predicted molar refractivity (Wildman–Crippen MR) is 74.8 cm³/mol. The maximum absolute atomic E-state index is 11.2. The quantitative estimate of drug-likeness (QED) is 0.755. The molecule has 0 unspecified atom stereocenters. The van der Waals surface area contributed by atoms with E-state index in [1.54, 1.807) is 0 Å². The van der Waals surface area contributed by atoms with E-state index in [1.807, 2.05) is 0 Å². The Kier molecular flexibility index (Phi) is 2.76. The van der Waals surface area contributed by atoms with Gasteiger partial charge in [0.15, 0.2) is 0 Å². The fourth-order valence-corrected chi connectivity index (χ4v) is 6.13. The molecule has 4 saturated carbocycles. The fraction of sp³-hybridized carbons (Fsp3) is 1.00. The van der Waals surface area contributed by atoms with Gasteiger partial charge in [0.25, 0.3) is 0 Å². The molecule has 1 N–H and O–H groups in total. The van der Waals surface area contributed by atoms with Crippen LogP contribution in [-0.2, 0) is 0 Å². The molecular formula is C15H28OSi. The van der Waals surface area contributed by atoms with Crippen LogP contribution in [0.4, 0.5) is 0 Å². The lowest BCUT2D eigenvalue weighted by Crippen LogP contribution is -2.57. The molecule has 1 nitrogen and oxygen atoms in total. The van der Waals surface area contributed by atoms with Crippen LogP contribution < -0.4 is 0 Å². The third-order valence-electron chi connectivity index (χ3n) is 5.83. The Bertz CT molecular complexity index is 277. The third kappa shape index (κ3) is 2.12. The molecule has 4 rings (SSSR count). The summed E-state index contributed by atoms with van der Waals surface area (Å²) in [6, 6.07) is 1.31. The molecule has 0 spiro atoms. The van der Waals surface area contributed by atoms with Gasteiger partial charge in [0.2, 0.25) is 0 Å². The molecule has 2 heteroatoms. The number of hydrogen-bond donors (Lipinski definition) is 1. The molecule has 17 heavy (non-hydrogen) atoms. The van der Waals surface area contributed by atoms with Gasteiger partial charge in [0, 0.05) is 8.07 Å². The molecule has 4 fully saturated rings. The number of hydrogen-bond acceptors (Lipinski definition) is 1. The highest BCUT2D eigenvalue weighted by Crippen LogP contribution is 2.59. The molecule has 0 saturated heterocycles. The summed E-state index contributed by atoms with van der Waals surface area (Å²) < 4.78 is 0. The van der Waals surface area contributed by atoms with Crippen molar-refractivity contribution in [2.24, 2.45) is 23.7 Å². The van der Waals surface area contributed by atoms with Gasteiger partial charge in [-0.3, -0.25) is 0 Å². The number of rotatable bonds is 3. The van der Waals surface area contributed by atoms with Crippen LogP contribution in [0.2, 0.25) is 25.7 Å². The van der Waals surface area contributed by atoms with E-state index in [4.69, 9.17) is 0 Å². The maximum atomic E-state index is 11.2. The van der Waals surface area contributed by atoms with Gasteiger partial charge in [-0.1, -0.05) is 25.7 Å². The number of aliphatic hydroxyl groups is 1. The standard InChI is InChI=1S/C15H28OSi/c1-17(2,3)5-4-15(16)13-7-11-6-12(9-13)10-14(15)8-11/h11-14,16H,4-10H2,1-3H3. The minimum Gasteiger partial charge on any atom is -0.389 e. The molecule has 0 atom stereocenters. The smallest absolute Gasteiger partial charge is 0.0701 e. The SMILES string of the molecule is C[Si](C)(C)CCC1(O)C2CC3CC(C2)CC1C3. The van der Waals surface area contributed by atoms with E-state index in [1.165, 1.54) is 38.1 Å². The van der Waals surface area contributed by atoms with Crippen molar-refractivity contribution in [3.8, 4) is 0 Å². The van der Waals surface area contributed by atoms with Crippen LogP contribution in [0.25, 0.3) is 0 Å². The van der Waals surface area contributed by atoms with Gasteiger partial charge in [-0.25, -0.2) is 0 Å². The van der Waals surface area contributed by atoms with Crippen molar-refractivity contribution in [2.75, 3.05) is 0 Å². The molecule has 0 aliphatic heterocycles. The van der Waals surface area contributed by atoms with Crippen molar-refractivity contribution in [1.82, 2.24) is 0 Å². The highest BCUT2D eigenvalue weighted by atomic mass is 28.3. The summed E-state index contributed by atoms with van der Waals surface area (Å²) in [7, 11) is -1.00. The largest absolute Gasteiger partial charge is 0.389 e. The molecule has 0 amide bonds. The van der Waals surface area contributed by atoms with Crippen molar-refractivity contribution < 1.29 is 5.11 Å². The Morgan fingerprint density at radius 1 is 0.941 bits per heavy atom. The monoisotopic (exact) mass is 252 g/mol. The van der Waals surface area contributed by atoms with Crippen molar-refractivity contribution in [1.29, 1.82) is 0 Å². The average Bonchev–Trinajstić information content (AvgIpc) is 2.21. The second-order valence-electron chi connectivity index (χ2n) is 8.36. The van der Waals surface area contributed by atoms with Gasteiger partial charge >= 0.3 is 0 Å². The van der Waals surface area contributed by atoms with Gasteiger partial charge < -0.3 is 5.11 Å². The Labute approximate surface area is 107 Å². The third-order valence-corrected chi connectivity index (χ3v) is 7.58. The van der Waals surface area contributed by atoms with E-state index in [-0.39, 0.29) is 5.60 Å². The van der Waals surface area contributed by atoms with Gasteiger partial charge in [-0.05, 0) is 62.2 Å². The first-order valence-electron chi connectivity index (χ1n) is 7.59. The van der Waals surface area contributed by atoms with Gasteiger partial charge in [0.05, 0.1) is 5.60 Å². The molecule has 0 radical (unpaired) electrons. The summed E-state index contributed by atoms with van der Waals surface area (Å²) in [5.41, 5.74) is -0.256. The molecule has 0 aromatic rings. The topological polar surface area (TPSA) is 20.2 Å². The van der Waals surface area contributed by atoms with Gasteiger partial charge in [-0.15, -0.1) is 0 Å². The lowest BCUT2D eigenvalue weighted by Gasteiger charge is -2.59. The van der Waals surface area contributed by atoms with Gasteiger partial charge in [0.1, 0.15) is 0 Å². The molecule has 0 heterocycles. The summed E-state index contributed by atoms with van der Waals surface area (Å²) in [5.74, 6) is 3.28. The van der Waals surface area contributed by atoms with Crippen LogP contribution in [-0.4, -0.2) is 18.8 Å². The zero-order valence-corrected chi connectivity index (χ0v) is 12.7. The maximum Gasteiger partial charge on any atom is 0.0701 e. The van der Waals surface area contributed by atoms with Crippen molar-refractivity contribution in [2.45, 2.75) is 69.8 Å². The van der Waals surface area contributed by atoms with E-state index in [2.05, 4.69) is 19.6 Å². The van der Waals surface area contributed by atoms with E-state index in [0.717, 1.165) is 18.3 Å². The van der Waals surface area contributed by atoms with Crippen molar-refractivity contribution in [3.63, 3.8) is 0 Å². The zero-order valence-electron chi connectivity index (χ0n) is 11.7. The van der Waals surface area contributed by atoms with Gasteiger partial charge in [-0.2, -0.15) is 0 Å². The first-order chi connectivity index (χ1) is 7.87. The lowest BCUT2D eigenvalue weighted by atomic mass is 9.49. The van der Waals surface area contributed by atoms with E-state index in [9.17, 15) is 5.11 Å². The van der Waals surface area contributed by atoms with Crippen molar-refractivity contribution in [3.05, 3.63) is 0 Å². The zero-order chi connectivity index (χ0) is 12.3. The average molecular weight is 252 g/mol.